The van der Waals surface area contributed by atoms with E-state index in [0.717, 1.165) is 40.7 Å². The summed E-state index contributed by atoms with van der Waals surface area (Å²) in [6.07, 6.45) is 5.61. The number of nitrogens with zero attached hydrogens (tertiary/aromatic N) is 1. The van der Waals surface area contributed by atoms with Crippen LogP contribution in [0.5, 0.6) is 0 Å². The highest BCUT2D eigenvalue weighted by Crippen LogP contribution is 2.27. The minimum absolute atomic E-state index is 0.156. The van der Waals surface area contributed by atoms with Crippen LogP contribution in [-0.2, 0) is 4.79 Å². The fraction of sp³-hybridized carbons (Fsp3) is 0.273. The van der Waals surface area contributed by atoms with Crippen molar-refractivity contribution in [1.82, 2.24) is 4.98 Å². The van der Waals surface area contributed by atoms with Crippen LogP contribution < -0.4 is 5.32 Å². The maximum atomic E-state index is 12.5. The molecule has 0 bridgehead atoms. The normalized spacial score (nSPS) is 15.2. The molecule has 3 aromatic rings. The van der Waals surface area contributed by atoms with Crippen molar-refractivity contribution in [2.24, 2.45) is 5.92 Å². The molecule has 3 heteroatoms. The zero-order valence-electron chi connectivity index (χ0n) is 14.2. The van der Waals surface area contributed by atoms with Gasteiger partial charge in [0.05, 0.1) is 11.2 Å². The number of hydrogen-bond donors (Lipinski definition) is 1. The molecule has 2 aromatic carbocycles. The first-order chi connectivity index (χ1) is 12.3. The van der Waals surface area contributed by atoms with E-state index in [1.165, 1.54) is 19.3 Å². The van der Waals surface area contributed by atoms with Crippen molar-refractivity contribution in [2.45, 2.75) is 32.1 Å². The minimum atomic E-state index is 0.156. The molecule has 1 aliphatic carbocycles. The van der Waals surface area contributed by atoms with E-state index < -0.39 is 0 Å². The SMILES string of the molecule is O=C(Nc1cccc(-c2ccc3ccccc3n2)c1)C1CCCCC1. The van der Waals surface area contributed by atoms with E-state index in [9.17, 15) is 4.79 Å². The molecule has 25 heavy (non-hydrogen) atoms. The summed E-state index contributed by atoms with van der Waals surface area (Å²) in [6, 6.07) is 20.2. The highest BCUT2D eigenvalue weighted by atomic mass is 16.1. The van der Waals surface area contributed by atoms with Gasteiger partial charge in [0.1, 0.15) is 0 Å². The molecular weight excluding hydrogens is 308 g/mol. The van der Waals surface area contributed by atoms with Gasteiger partial charge in [0.2, 0.25) is 5.91 Å². The lowest BCUT2D eigenvalue weighted by atomic mass is 9.88. The van der Waals surface area contributed by atoms with E-state index in [-0.39, 0.29) is 11.8 Å². The molecule has 0 unspecified atom stereocenters. The Morgan fingerprint density at radius 1 is 0.920 bits per heavy atom. The van der Waals surface area contributed by atoms with Crippen molar-refractivity contribution in [3.05, 3.63) is 60.7 Å². The third kappa shape index (κ3) is 3.55. The fourth-order valence-electron chi connectivity index (χ4n) is 3.59. The van der Waals surface area contributed by atoms with E-state index in [2.05, 4.69) is 17.4 Å². The zero-order valence-corrected chi connectivity index (χ0v) is 14.2. The Morgan fingerprint density at radius 3 is 2.64 bits per heavy atom. The van der Waals surface area contributed by atoms with Gasteiger partial charge < -0.3 is 5.32 Å². The van der Waals surface area contributed by atoms with E-state index >= 15 is 0 Å². The van der Waals surface area contributed by atoms with Crippen molar-refractivity contribution >= 4 is 22.5 Å². The maximum absolute atomic E-state index is 12.5. The van der Waals surface area contributed by atoms with Gasteiger partial charge in [-0.05, 0) is 37.1 Å². The van der Waals surface area contributed by atoms with Gasteiger partial charge in [0.25, 0.3) is 0 Å². The predicted molar refractivity (Wildman–Crippen MR) is 102 cm³/mol. The third-order valence-electron chi connectivity index (χ3n) is 5.00. The van der Waals surface area contributed by atoms with E-state index in [4.69, 9.17) is 4.98 Å². The largest absolute Gasteiger partial charge is 0.326 e. The number of hydrogen-bond acceptors (Lipinski definition) is 2. The molecule has 1 aliphatic rings. The lowest BCUT2D eigenvalue weighted by molar-refractivity contribution is -0.120. The Balaban J connectivity index is 1.56. The first kappa shape index (κ1) is 15.8. The maximum Gasteiger partial charge on any atom is 0.227 e. The molecule has 0 atom stereocenters. The summed E-state index contributed by atoms with van der Waals surface area (Å²) >= 11 is 0. The van der Waals surface area contributed by atoms with Gasteiger partial charge >= 0.3 is 0 Å². The summed E-state index contributed by atoms with van der Waals surface area (Å²) < 4.78 is 0. The number of pyridine rings is 1. The van der Waals surface area contributed by atoms with Crippen LogP contribution in [0, 0.1) is 5.92 Å². The topological polar surface area (TPSA) is 42.0 Å². The summed E-state index contributed by atoms with van der Waals surface area (Å²) in [5.74, 6) is 0.319. The van der Waals surface area contributed by atoms with Gasteiger partial charge in [-0.3, -0.25) is 4.79 Å². The van der Waals surface area contributed by atoms with Crippen molar-refractivity contribution in [2.75, 3.05) is 5.32 Å². The average Bonchev–Trinajstić information content (AvgIpc) is 2.68. The molecule has 4 rings (SSSR count). The molecule has 1 fully saturated rings. The van der Waals surface area contributed by atoms with Crippen molar-refractivity contribution in [3.8, 4) is 11.3 Å². The van der Waals surface area contributed by atoms with Gasteiger partial charge in [-0.25, -0.2) is 4.98 Å². The van der Waals surface area contributed by atoms with Crippen LogP contribution in [-0.4, -0.2) is 10.9 Å². The van der Waals surface area contributed by atoms with Crippen LogP contribution in [0.4, 0.5) is 5.69 Å². The van der Waals surface area contributed by atoms with Crippen LogP contribution in [0.2, 0.25) is 0 Å². The summed E-state index contributed by atoms with van der Waals surface area (Å²) in [5, 5.41) is 4.22. The van der Waals surface area contributed by atoms with Gasteiger partial charge in [-0.15, -0.1) is 0 Å². The van der Waals surface area contributed by atoms with E-state index in [1.54, 1.807) is 0 Å². The van der Waals surface area contributed by atoms with Crippen LogP contribution >= 0.6 is 0 Å². The molecule has 0 saturated heterocycles. The zero-order chi connectivity index (χ0) is 17.1. The quantitative estimate of drug-likeness (QED) is 0.696. The fourth-order valence-corrected chi connectivity index (χ4v) is 3.59. The number of amides is 1. The Bertz CT molecular complexity index is 897. The molecule has 1 N–H and O–H groups in total. The Morgan fingerprint density at radius 2 is 1.76 bits per heavy atom. The molecular formula is C22H22N2O. The number of carbonyl (C=O) groups excluding carboxylic acids is 1. The molecule has 126 valence electrons. The van der Waals surface area contributed by atoms with Gasteiger partial charge in [0, 0.05) is 22.6 Å². The van der Waals surface area contributed by atoms with Gasteiger partial charge in [-0.2, -0.15) is 0 Å². The second-order valence-electron chi connectivity index (χ2n) is 6.79. The van der Waals surface area contributed by atoms with E-state index in [0.29, 0.717) is 0 Å². The van der Waals surface area contributed by atoms with Crippen molar-refractivity contribution in [3.63, 3.8) is 0 Å². The van der Waals surface area contributed by atoms with Crippen LogP contribution in [0.25, 0.3) is 22.2 Å². The Labute approximate surface area is 148 Å². The van der Waals surface area contributed by atoms with Gasteiger partial charge in [-0.1, -0.05) is 55.7 Å². The predicted octanol–water partition coefficient (Wildman–Crippen LogP) is 5.42. The molecule has 1 aromatic heterocycles. The van der Waals surface area contributed by atoms with Crippen LogP contribution in [0.15, 0.2) is 60.7 Å². The molecule has 0 aliphatic heterocycles. The number of rotatable bonds is 3. The monoisotopic (exact) mass is 330 g/mol. The Kier molecular flexibility index (Phi) is 4.47. The summed E-state index contributed by atoms with van der Waals surface area (Å²) in [7, 11) is 0. The summed E-state index contributed by atoms with van der Waals surface area (Å²) in [5.41, 5.74) is 3.78. The average molecular weight is 330 g/mol. The molecule has 1 heterocycles. The first-order valence-electron chi connectivity index (χ1n) is 9.07. The van der Waals surface area contributed by atoms with Crippen LogP contribution in [0.3, 0.4) is 0 Å². The summed E-state index contributed by atoms with van der Waals surface area (Å²) in [6.45, 7) is 0. The van der Waals surface area contributed by atoms with Crippen molar-refractivity contribution < 1.29 is 4.79 Å². The highest BCUT2D eigenvalue weighted by Gasteiger charge is 2.21. The first-order valence-corrected chi connectivity index (χ1v) is 9.07. The minimum Gasteiger partial charge on any atom is -0.326 e. The lowest BCUT2D eigenvalue weighted by Gasteiger charge is -2.20. The molecule has 3 nitrogen and oxygen atoms in total. The second-order valence-corrected chi connectivity index (χ2v) is 6.79. The number of nitrogens with one attached hydrogen (secondary N) is 1. The standard InChI is InChI=1S/C22H22N2O/c25-22(17-8-2-1-3-9-17)23-19-11-6-10-18(15-19)21-14-13-16-7-4-5-12-20(16)24-21/h4-7,10-15,17H,1-3,8-9H2,(H,23,25). The number of carbonyl (C=O) groups is 1. The molecule has 0 spiro atoms. The number of para-hydroxylation sites is 1. The number of benzene rings is 2. The number of aromatic nitrogens is 1. The third-order valence-corrected chi connectivity index (χ3v) is 5.00. The lowest BCUT2D eigenvalue weighted by Crippen LogP contribution is -2.24. The Hall–Kier alpha value is -2.68. The smallest absolute Gasteiger partial charge is 0.227 e. The highest BCUT2D eigenvalue weighted by molar-refractivity contribution is 5.93. The van der Waals surface area contributed by atoms with Crippen molar-refractivity contribution in [1.29, 1.82) is 0 Å². The second kappa shape index (κ2) is 7.06. The van der Waals surface area contributed by atoms with Crippen LogP contribution in [0.1, 0.15) is 32.1 Å². The molecule has 1 amide bonds. The van der Waals surface area contributed by atoms with E-state index in [1.807, 2.05) is 48.5 Å². The molecule has 0 radical (unpaired) electrons. The summed E-state index contributed by atoms with van der Waals surface area (Å²) in [4.78, 5) is 17.2. The molecule has 1 saturated carbocycles. The van der Waals surface area contributed by atoms with Gasteiger partial charge in [0.15, 0.2) is 0 Å². The number of fused-ring (bicyclic) bond motifs is 1. The number of anilines is 1.